The zero-order valence-electron chi connectivity index (χ0n) is 12.6. The average molecular weight is 291 g/mol. The quantitative estimate of drug-likeness (QED) is 0.557. The van der Waals surface area contributed by atoms with Gasteiger partial charge in [-0.2, -0.15) is 0 Å². The highest BCUT2D eigenvalue weighted by Gasteiger charge is 2.34. The van der Waals surface area contributed by atoms with E-state index in [4.69, 9.17) is 8.85 Å². The standard InChI is InChI=1S/C12H26O4Si2/c1-8-9-10(11(13)15-17(2,3)4)12(14)16-18(5,6)7/h10H,8-9H2,1-7H3. The maximum Gasteiger partial charge on any atom is 0.306 e. The van der Waals surface area contributed by atoms with Crippen LogP contribution >= 0.6 is 0 Å². The fourth-order valence-corrected chi connectivity index (χ4v) is 2.86. The van der Waals surface area contributed by atoms with Crippen LogP contribution in [0.15, 0.2) is 0 Å². The molecule has 0 heterocycles. The molecule has 0 amide bonds. The maximum atomic E-state index is 12.0. The fraction of sp³-hybridized carbons (Fsp3) is 0.833. The van der Waals surface area contributed by atoms with Gasteiger partial charge in [0.1, 0.15) is 0 Å². The lowest BCUT2D eigenvalue weighted by molar-refractivity contribution is -0.152. The summed E-state index contributed by atoms with van der Waals surface area (Å²) >= 11 is 0. The Balaban J connectivity index is 4.75. The second-order valence-electron chi connectivity index (χ2n) is 6.41. The first-order chi connectivity index (χ1) is 7.96. The second kappa shape index (κ2) is 6.51. The lowest BCUT2D eigenvalue weighted by atomic mass is 10.1. The van der Waals surface area contributed by atoms with Gasteiger partial charge in [0.2, 0.25) is 16.6 Å². The molecular formula is C12H26O4Si2. The van der Waals surface area contributed by atoms with E-state index >= 15 is 0 Å². The number of hydrogen-bond acceptors (Lipinski definition) is 4. The Morgan fingerprint density at radius 3 is 1.44 bits per heavy atom. The van der Waals surface area contributed by atoms with Crippen LogP contribution in [-0.2, 0) is 18.4 Å². The molecular weight excluding hydrogens is 264 g/mol. The Morgan fingerprint density at radius 1 is 0.889 bits per heavy atom. The van der Waals surface area contributed by atoms with Crippen molar-refractivity contribution in [3.63, 3.8) is 0 Å². The Kier molecular flexibility index (Phi) is 6.29. The van der Waals surface area contributed by atoms with E-state index in [1.807, 2.05) is 46.2 Å². The van der Waals surface area contributed by atoms with Crippen LogP contribution in [0.3, 0.4) is 0 Å². The molecule has 0 unspecified atom stereocenters. The maximum absolute atomic E-state index is 12.0. The Morgan fingerprint density at radius 2 is 1.22 bits per heavy atom. The summed E-state index contributed by atoms with van der Waals surface area (Å²) < 4.78 is 10.8. The minimum atomic E-state index is -1.96. The third kappa shape index (κ3) is 7.65. The molecule has 0 saturated carbocycles. The lowest BCUT2D eigenvalue weighted by Gasteiger charge is -2.24. The third-order valence-electron chi connectivity index (χ3n) is 1.96. The Labute approximate surface area is 112 Å². The van der Waals surface area contributed by atoms with Gasteiger partial charge in [-0.3, -0.25) is 9.59 Å². The summed E-state index contributed by atoms with van der Waals surface area (Å²) in [4.78, 5) is 24.0. The minimum Gasteiger partial charge on any atom is -0.519 e. The predicted octanol–water partition coefficient (Wildman–Crippen LogP) is 3.16. The van der Waals surface area contributed by atoms with Gasteiger partial charge in [-0.05, 0) is 45.7 Å². The zero-order valence-corrected chi connectivity index (χ0v) is 14.6. The van der Waals surface area contributed by atoms with Crippen molar-refractivity contribution in [2.45, 2.75) is 59.0 Å². The van der Waals surface area contributed by atoms with Gasteiger partial charge < -0.3 is 8.85 Å². The van der Waals surface area contributed by atoms with Crippen LogP contribution in [0, 0.1) is 5.92 Å². The largest absolute Gasteiger partial charge is 0.519 e. The average Bonchev–Trinajstić information content (AvgIpc) is 2.07. The normalized spacial score (nSPS) is 12.4. The highest BCUT2D eigenvalue weighted by Crippen LogP contribution is 2.17. The van der Waals surface area contributed by atoms with Crippen molar-refractivity contribution in [3.8, 4) is 0 Å². The van der Waals surface area contributed by atoms with E-state index in [0.717, 1.165) is 6.42 Å². The second-order valence-corrected chi connectivity index (χ2v) is 15.3. The third-order valence-corrected chi connectivity index (χ3v) is 3.59. The van der Waals surface area contributed by atoms with Gasteiger partial charge in [0.05, 0.1) is 0 Å². The molecule has 0 aromatic heterocycles. The SMILES string of the molecule is CCCC(C(=O)O[Si](C)(C)C)C(=O)O[Si](C)(C)C. The number of carbonyl (C=O) groups is 2. The van der Waals surface area contributed by atoms with Crippen LogP contribution in [0.2, 0.25) is 39.3 Å². The van der Waals surface area contributed by atoms with E-state index in [0.29, 0.717) is 6.42 Å². The summed E-state index contributed by atoms with van der Waals surface area (Å²) in [6.07, 6.45) is 1.25. The van der Waals surface area contributed by atoms with Gasteiger partial charge in [0.15, 0.2) is 5.92 Å². The zero-order chi connectivity index (χ0) is 14.6. The summed E-state index contributed by atoms with van der Waals surface area (Å²) in [6, 6.07) is 0. The molecule has 18 heavy (non-hydrogen) atoms. The first-order valence-electron chi connectivity index (χ1n) is 6.42. The molecule has 0 spiro atoms. The number of hydrogen-bond donors (Lipinski definition) is 0. The highest BCUT2D eigenvalue weighted by molar-refractivity contribution is 6.72. The number of rotatable bonds is 6. The van der Waals surface area contributed by atoms with E-state index in [-0.39, 0.29) is 0 Å². The van der Waals surface area contributed by atoms with Crippen LogP contribution in [0.4, 0.5) is 0 Å². The first kappa shape index (κ1) is 17.4. The molecule has 0 aromatic rings. The molecule has 0 aliphatic carbocycles. The molecule has 0 N–H and O–H groups in total. The molecule has 0 bridgehead atoms. The molecule has 0 aromatic carbocycles. The molecule has 6 heteroatoms. The smallest absolute Gasteiger partial charge is 0.306 e. The van der Waals surface area contributed by atoms with Crippen molar-refractivity contribution < 1.29 is 18.4 Å². The monoisotopic (exact) mass is 290 g/mol. The van der Waals surface area contributed by atoms with Crippen LogP contribution in [0.5, 0.6) is 0 Å². The van der Waals surface area contributed by atoms with Crippen molar-refractivity contribution in [1.29, 1.82) is 0 Å². The van der Waals surface area contributed by atoms with Gasteiger partial charge in [0, 0.05) is 0 Å². The van der Waals surface area contributed by atoms with Crippen LogP contribution in [0.25, 0.3) is 0 Å². The molecule has 0 saturated heterocycles. The van der Waals surface area contributed by atoms with Crippen molar-refractivity contribution in [2.75, 3.05) is 0 Å². The van der Waals surface area contributed by atoms with Crippen LogP contribution in [0.1, 0.15) is 19.8 Å². The minimum absolute atomic E-state index is 0.417. The first-order valence-corrected chi connectivity index (χ1v) is 13.2. The van der Waals surface area contributed by atoms with Gasteiger partial charge in [0.25, 0.3) is 0 Å². The fourth-order valence-electron chi connectivity index (χ4n) is 1.37. The molecule has 0 aliphatic heterocycles. The molecule has 106 valence electrons. The van der Waals surface area contributed by atoms with Gasteiger partial charge in [-0.1, -0.05) is 13.3 Å². The molecule has 0 radical (unpaired) electrons. The van der Waals surface area contributed by atoms with E-state index in [9.17, 15) is 9.59 Å². The molecule has 4 nitrogen and oxygen atoms in total. The van der Waals surface area contributed by atoms with Crippen molar-refractivity contribution in [1.82, 2.24) is 0 Å². The Hall–Kier alpha value is -0.626. The van der Waals surface area contributed by atoms with Gasteiger partial charge in [-0.25, -0.2) is 0 Å². The summed E-state index contributed by atoms with van der Waals surface area (Å²) in [5.41, 5.74) is 0. The molecule has 0 aliphatic rings. The summed E-state index contributed by atoms with van der Waals surface area (Å²) in [7, 11) is -3.93. The van der Waals surface area contributed by atoms with Gasteiger partial charge >= 0.3 is 11.9 Å². The molecule has 0 rings (SSSR count). The Bertz CT molecular complexity index is 274. The molecule has 0 atom stereocenters. The van der Waals surface area contributed by atoms with Crippen molar-refractivity contribution in [2.24, 2.45) is 5.92 Å². The topological polar surface area (TPSA) is 52.6 Å². The summed E-state index contributed by atoms with van der Waals surface area (Å²) in [5, 5.41) is 0. The van der Waals surface area contributed by atoms with E-state index in [1.165, 1.54) is 0 Å². The molecule has 0 fully saturated rings. The van der Waals surface area contributed by atoms with Crippen LogP contribution in [-0.4, -0.2) is 28.6 Å². The van der Waals surface area contributed by atoms with E-state index in [2.05, 4.69) is 0 Å². The van der Waals surface area contributed by atoms with E-state index < -0.39 is 34.5 Å². The predicted molar refractivity (Wildman–Crippen MR) is 77.3 cm³/mol. The van der Waals surface area contributed by atoms with Crippen molar-refractivity contribution in [3.05, 3.63) is 0 Å². The van der Waals surface area contributed by atoms with Crippen LogP contribution < -0.4 is 0 Å². The van der Waals surface area contributed by atoms with Crippen molar-refractivity contribution >= 4 is 28.6 Å². The highest BCUT2D eigenvalue weighted by atomic mass is 28.4. The summed E-state index contributed by atoms with van der Waals surface area (Å²) in [6.45, 7) is 13.5. The number of carbonyl (C=O) groups excluding carboxylic acids is 2. The lowest BCUT2D eigenvalue weighted by Crippen LogP contribution is -2.40. The summed E-state index contributed by atoms with van der Waals surface area (Å²) in [5.74, 6) is -1.59. The van der Waals surface area contributed by atoms with E-state index in [1.54, 1.807) is 0 Å². The van der Waals surface area contributed by atoms with Gasteiger partial charge in [-0.15, -0.1) is 0 Å².